The normalized spacial score (nSPS) is 11.0. The second kappa shape index (κ2) is 9.76. The van der Waals surface area contributed by atoms with Gasteiger partial charge in [-0.05, 0) is 24.1 Å². The molecule has 2 amide bonds. The number of nitrogens with one attached hydrogen (secondary N) is 2. The molecule has 0 aromatic heterocycles. The molecular weight excluding hydrogens is 363 g/mol. The van der Waals surface area contributed by atoms with Gasteiger partial charge in [-0.15, -0.1) is 12.4 Å². The standard InChI is InChI=1S/C15H20ClF2N3O2.ClH/c1-9(2)5-13(22)21-10-3-4-12(16)11(6-10)14(23)20-8-15(17,18)7-19;/h3-4,6,9H,5,7-8,19H2,1-2H3,(H,20,23)(H,21,22);1H. The molecule has 5 nitrogen and oxygen atoms in total. The summed E-state index contributed by atoms with van der Waals surface area (Å²) < 4.78 is 26.1. The fraction of sp³-hybridized carbons (Fsp3) is 0.467. The van der Waals surface area contributed by atoms with Crippen molar-refractivity contribution in [2.24, 2.45) is 11.7 Å². The van der Waals surface area contributed by atoms with Gasteiger partial charge in [0.2, 0.25) is 5.91 Å². The monoisotopic (exact) mass is 383 g/mol. The first kappa shape index (κ1) is 22.6. The van der Waals surface area contributed by atoms with Crippen LogP contribution in [0.15, 0.2) is 18.2 Å². The van der Waals surface area contributed by atoms with Crippen LogP contribution in [0.1, 0.15) is 30.6 Å². The molecule has 0 aliphatic heterocycles. The molecule has 0 saturated carbocycles. The third-order valence-electron chi connectivity index (χ3n) is 2.89. The Bertz CT molecular complexity index is 584. The van der Waals surface area contributed by atoms with Crippen molar-refractivity contribution in [3.05, 3.63) is 28.8 Å². The van der Waals surface area contributed by atoms with Gasteiger partial charge in [0.1, 0.15) is 0 Å². The summed E-state index contributed by atoms with van der Waals surface area (Å²) in [5, 5.41) is 4.81. The molecule has 0 bridgehead atoms. The van der Waals surface area contributed by atoms with E-state index in [9.17, 15) is 18.4 Å². The summed E-state index contributed by atoms with van der Waals surface area (Å²) in [6.45, 7) is 2.05. The zero-order valence-corrected chi connectivity index (χ0v) is 14.9. The van der Waals surface area contributed by atoms with Gasteiger partial charge in [-0.25, -0.2) is 8.78 Å². The predicted octanol–water partition coefficient (Wildman–Crippen LogP) is 3.07. The molecule has 0 fully saturated rings. The Morgan fingerprint density at radius 2 is 1.96 bits per heavy atom. The molecular formula is C15H21Cl2F2N3O2. The first-order valence-electron chi connectivity index (χ1n) is 7.10. The lowest BCUT2D eigenvalue weighted by atomic mass is 10.1. The fourth-order valence-electron chi connectivity index (χ4n) is 1.74. The van der Waals surface area contributed by atoms with Gasteiger partial charge in [0.05, 0.1) is 23.7 Å². The number of benzene rings is 1. The van der Waals surface area contributed by atoms with Crippen LogP contribution in [-0.2, 0) is 4.79 Å². The van der Waals surface area contributed by atoms with Crippen LogP contribution >= 0.6 is 24.0 Å². The summed E-state index contributed by atoms with van der Waals surface area (Å²) in [5.74, 6) is -3.97. The second-order valence-corrected chi connectivity index (χ2v) is 5.99. The highest BCUT2D eigenvalue weighted by Crippen LogP contribution is 2.21. The van der Waals surface area contributed by atoms with Gasteiger partial charge in [0.25, 0.3) is 11.8 Å². The highest BCUT2D eigenvalue weighted by molar-refractivity contribution is 6.34. The molecule has 1 aromatic carbocycles. The van der Waals surface area contributed by atoms with E-state index in [0.29, 0.717) is 12.1 Å². The van der Waals surface area contributed by atoms with Crippen LogP contribution in [-0.4, -0.2) is 30.8 Å². The molecule has 0 spiro atoms. The van der Waals surface area contributed by atoms with Crippen molar-refractivity contribution in [3.8, 4) is 0 Å². The number of rotatable bonds is 7. The van der Waals surface area contributed by atoms with E-state index in [1.54, 1.807) is 0 Å². The van der Waals surface area contributed by atoms with Crippen LogP contribution in [0, 0.1) is 5.92 Å². The Balaban J connectivity index is 0.00000529. The lowest BCUT2D eigenvalue weighted by molar-refractivity contribution is -0.116. The van der Waals surface area contributed by atoms with Crippen LogP contribution in [0.25, 0.3) is 0 Å². The molecule has 0 aliphatic carbocycles. The minimum absolute atomic E-state index is 0. The van der Waals surface area contributed by atoms with E-state index in [-0.39, 0.29) is 34.8 Å². The molecule has 0 radical (unpaired) electrons. The SMILES string of the molecule is CC(C)CC(=O)Nc1ccc(Cl)c(C(=O)NCC(F)(F)CN)c1.Cl. The number of hydrogen-bond acceptors (Lipinski definition) is 3. The van der Waals surface area contributed by atoms with Crippen LogP contribution < -0.4 is 16.4 Å². The molecule has 0 saturated heterocycles. The van der Waals surface area contributed by atoms with Crippen LogP contribution in [0.5, 0.6) is 0 Å². The summed E-state index contributed by atoms with van der Waals surface area (Å²) in [4.78, 5) is 23.7. The number of nitrogens with two attached hydrogens (primary N) is 1. The van der Waals surface area contributed by atoms with Gasteiger partial charge in [0.15, 0.2) is 0 Å². The Morgan fingerprint density at radius 3 is 2.50 bits per heavy atom. The third-order valence-corrected chi connectivity index (χ3v) is 3.22. The molecule has 0 atom stereocenters. The van der Waals surface area contributed by atoms with E-state index in [1.807, 2.05) is 13.8 Å². The Hall–Kier alpha value is -1.44. The maximum absolute atomic E-state index is 13.1. The Kier molecular flexibility index (Phi) is 9.17. The van der Waals surface area contributed by atoms with Crippen molar-refractivity contribution in [3.63, 3.8) is 0 Å². The van der Waals surface area contributed by atoms with Crippen molar-refractivity contribution >= 4 is 41.5 Å². The molecule has 4 N–H and O–H groups in total. The highest BCUT2D eigenvalue weighted by Gasteiger charge is 2.27. The maximum atomic E-state index is 13.1. The quantitative estimate of drug-likeness (QED) is 0.676. The smallest absolute Gasteiger partial charge is 0.277 e. The molecule has 0 heterocycles. The summed E-state index contributed by atoms with van der Waals surface area (Å²) in [6, 6.07) is 4.30. The zero-order valence-electron chi connectivity index (χ0n) is 13.4. The summed E-state index contributed by atoms with van der Waals surface area (Å²) in [6.07, 6.45) is 0.326. The van der Waals surface area contributed by atoms with Crippen LogP contribution in [0.4, 0.5) is 14.5 Å². The second-order valence-electron chi connectivity index (χ2n) is 5.58. The lowest BCUT2D eigenvalue weighted by Crippen LogP contribution is -2.41. The summed E-state index contributed by atoms with van der Waals surface area (Å²) >= 11 is 5.91. The third kappa shape index (κ3) is 7.42. The van der Waals surface area contributed by atoms with Gasteiger partial charge >= 0.3 is 0 Å². The largest absolute Gasteiger partial charge is 0.346 e. The predicted molar refractivity (Wildman–Crippen MR) is 93.1 cm³/mol. The molecule has 9 heteroatoms. The number of anilines is 1. The molecule has 0 unspecified atom stereocenters. The average Bonchev–Trinajstić information content (AvgIpc) is 2.46. The van der Waals surface area contributed by atoms with E-state index in [1.165, 1.54) is 18.2 Å². The number of halogens is 4. The summed E-state index contributed by atoms with van der Waals surface area (Å²) in [7, 11) is 0. The highest BCUT2D eigenvalue weighted by atomic mass is 35.5. The van der Waals surface area contributed by atoms with Gasteiger partial charge in [-0.3, -0.25) is 9.59 Å². The van der Waals surface area contributed by atoms with Crippen molar-refractivity contribution in [2.75, 3.05) is 18.4 Å². The first-order chi connectivity index (χ1) is 10.6. The van der Waals surface area contributed by atoms with Crippen LogP contribution in [0.2, 0.25) is 5.02 Å². The number of hydrogen-bond donors (Lipinski definition) is 3. The van der Waals surface area contributed by atoms with Crippen LogP contribution in [0.3, 0.4) is 0 Å². The van der Waals surface area contributed by atoms with Gasteiger partial charge in [-0.1, -0.05) is 25.4 Å². The average molecular weight is 384 g/mol. The molecule has 1 rings (SSSR count). The van der Waals surface area contributed by atoms with Crippen molar-refractivity contribution in [1.82, 2.24) is 5.32 Å². The van der Waals surface area contributed by atoms with Crippen molar-refractivity contribution < 1.29 is 18.4 Å². The molecule has 24 heavy (non-hydrogen) atoms. The minimum atomic E-state index is -3.19. The number of alkyl halides is 2. The van der Waals surface area contributed by atoms with E-state index in [0.717, 1.165) is 0 Å². The maximum Gasteiger partial charge on any atom is 0.277 e. The van der Waals surface area contributed by atoms with E-state index in [2.05, 4.69) is 10.6 Å². The van der Waals surface area contributed by atoms with E-state index >= 15 is 0 Å². The Morgan fingerprint density at radius 1 is 1.33 bits per heavy atom. The van der Waals surface area contributed by atoms with E-state index in [4.69, 9.17) is 17.3 Å². The fourth-order valence-corrected chi connectivity index (χ4v) is 1.94. The van der Waals surface area contributed by atoms with Crippen molar-refractivity contribution in [1.29, 1.82) is 0 Å². The molecule has 1 aromatic rings. The topological polar surface area (TPSA) is 84.2 Å². The van der Waals surface area contributed by atoms with E-state index < -0.39 is 24.9 Å². The van der Waals surface area contributed by atoms with Gasteiger partial charge < -0.3 is 16.4 Å². The molecule has 0 aliphatic rings. The molecule has 136 valence electrons. The summed E-state index contributed by atoms with van der Waals surface area (Å²) in [5.41, 5.74) is 5.28. The van der Waals surface area contributed by atoms with Gasteiger partial charge in [0, 0.05) is 12.1 Å². The lowest BCUT2D eigenvalue weighted by Gasteiger charge is -2.15. The Labute approximate surface area is 150 Å². The number of amides is 2. The van der Waals surface area contributed by atoms with Gasteiger partial charge in [-0.2, -0.15) is 0 Å². The number of carbonyl (C=O) groups is 2. The van der Waals surface area contributed by atoms with Crippen molar-refractivity contribution in [2.45, 2.75) is 26.2 Å². The minimum Gasteiger partial charge on any atom is -0.346 e. The first-order valence-corrected chi connectivity index (χ1v) is 7.48. The number of carbonyl (C=O) groups excluding carboxylic acids is 2. The zero-order chi connectivity index (χ0) is 17.6.